The molecule has 0 aliphatic heterocycles. The molecular weight excluding hydrogens is 292 g/mol. The van der Waals surface area contributed by atoms with E-state index >= 15 is 0 Å². The van der Waals surface area contributed by atoms with Gasteiger partial charge in [-0.05, 0) is 18.1 Å². The fourth-order valence-electron chi connectivity index (χ4n) is 1.98. The van der Waals surface area contributed by atoms with Gasteiger partial charge >= 0.3 is 5.97 Å². The molecule has 0 bridgehead atoms. The van der Waals surface area contributed by atoms with Crippen LogP contribution in [0.15, 0.2) is 28.7 Å². The molecular formula is C14H14N2O6. The number of carboxylic acid groups (broad SMARTS) is 1. The Bertz CT molecular complexity index is 749. The summed E-state index contributed by atoms with van der Waals surface area (Å²) < 4.78 is 5.30. The summed E-state index contributed by atoms with van der Waals surface area (Å²) in [5, 5.41) is 22.5. The number of nitro groups is 1. The van der Waals surface area contributed by atoms with Crippen LogP contribution < -0.4 is 5.32 Å². The number of nitrogens with one attached hydrogen (secondary N) is 1. The van der Waals surface area contributed by atoms with Crippen molar-refractivity contribution < 1.29 is 24.0 Å². The van der Waals surface area contributed by atoms with Crippen LogP contribution in [-0.4, -0.2) is 27.9 Å². The van der Waals surface area contributed by atoms with Gasteiger partial charge in [0.25, 0.3) is 11.6 Å². The summed E-state index contributed by atoms with van der Waals surface area (Å²) in [5.41, 5.74) is 0.193. The van der Waals surface area contributed by atoms with Gasteiger partial charge in [-0.2, -0.15) is 0 Å². The number of hydrogen-bond donors (Lipinski definition) is 2. The number of carboxylic acids is 1. The third-order valence-electron chi connectivity index (χ3n) is 3.15. The molecule has 0 fully saturated rings. The normalized spacial score (nSPS) is 12.3. The maximum absolute atomic E-state index is 12.1. The van der Waals surface area contributed by atoms with Crippen LogP contribution in [-0.2, 0) is 4.79 Å². The van der Waals surface area contributed by atoms with Crippen molar-refractivity contribution >= 4 is 28.5 Å². The SMILES string of the molecule is CC(C)[C@@H](NC(=O)c1cc2cc([N+](=O)[O-])ccc2o1)C(=O)O. The number of furan rings is 1. The van der Waals surface area contributed by atoms with Gasteiger partial charge in [-0.25, -0.2) is 4.79 Å². The lowest BCUT2D eigenvalue weighted by molar-refractivity contribution is -0.384. The first-order valence-electron chi connectivity index (χ1n) is 6.51. The maximum atomic E-state index is 12.1. The summed E-state index contributed by atoms with van der Waals surface area (Å²) >= 11 is 0. The number of fused-ring (bicyclic) bond motifs is 1. The molecule has 1 heterocycles. The van der Waals surface area contributed by atoms with Crippen molar-refractivity contribution in [3.8, 4) is 0 Å². The Labute approximate surface area is 124 Å². The van der Waals surface area contributed by atoms with Crippen LogP contribution in [0.1, 0.15) is 24.4 Å². The Morgan fingerprint density at radius 2 is 2.00 bits per heavy atom. The van der Waals surface area contributed by atoms with Crippen LogP contribution in [0.3, 0.4) is 0 Å². The van der Waals surface area contributed by atoms with Gasteiger partial charge in [0.05, 0.1) is 4.92 Å². The van der Waals surface area contributed by atoms with E-state index in [1.54, 1.807) is 13.8 Å². The molecule has 0 unspecified atom stereocenters. The third kappa shape index (κ3) is 3.05. The van der Waals surface area contributed by atoms with Crippen LogP contribution in [0.5, 0.6) is 0 Å². The predicted octanol–water partition coefficient (Wildman–Crippen LogP) is 2.18. The monoisotopic (exact) mass is 306 g/mol. The molecule has 1 aromatic heterocycles. The number of carbonyl (C=O) groups excluding carboxylic acids is 1. The predicted molar refractivity (Wildman–Crippen MR) is 76.6 cm³/mol. The van der Waals surface area contributed by atoms with Gasteiger partial charge in [-0.3, -0.25) is 14.9 Å². The highest BCUT2D eigenvalue weighted by atomic mass is 16.6. The quantitative estimate of drug-likeness (QED) is 0.644. The minimum Gasteiger partial charge on any atom is -0.480 e. The lowest BCUT2D eigenvalue weighted by atomic mass is 10.0. The Morgan fingerprint density at radius 3 is 2.55 bits per heavy atom. The molecule has 2 N–H and O–H groups in total. The number of amides is 1. The minimum atomic E-state index is -1.14. The van der Waals surface area contributed by atoms with Gasteiger partial charge in [-0.15, -0.1) is 0 Å². The second-order valence-electron chi connectivity index (χ2n) is 5.12. The van der Waals surface area contributed by atoms with E-state index in [2.05, 4.69) is 5.32 Å². The topological polar surface area (TPSA) is 123 Å². The Hall–Kier alpha value is -2.90. The molecule has 0 radical (unpaired) electrons. The molecule has 22 heavy (non-hydrogen) atoms. The van der Waals surface area contributed by atoms with E-state index in [9.17, 15) is 19.7 Å². The van der Waals surface area contributed by atoms with Gasteiger partial charge in [-0.1, -0.05) is 13.8 Å². The molecule has 1 atom stereocenters. The fourth-order valence-corrected chi connectivity index (χ4v) is 1.98. The number of hydrogen-bond acceptors (Lipinski definition) is 5. The molecule has 0 aliphatic carbocycles. The summed E-state index contributed by atoms with van der Waals surface area (Å²) in [7, 11) is 0. The number of nitro benzene ring substituents is 1. The smallest absolute Gasteiger partial charge is 0.326 e. The van der Waals surface area contributed by atoms with Gasteiger partial charge in [0.1, 0.15) is 11.6 Å². The number of carbonyl (C=O) groups is 2. The van der Waals surface area contributed by atoms with Crippen molar-refractivity contribution in [2.24, 2.45) is 5.92 Å². The molecule has 116 valence electrons. The summed E-state index contributed by atoms with van der Waals surface area (Å²) in [6.45, 7) is 3.34. The Kier molecular flexibility index (Phi) is 4.11. The van der Waals surface area contributed by atoms with Gasteiger partial charge < -0.3 is 14.8 Å². The van der Waals surface area contributed by atoms with Gasteiger partial charge in [0.2, 0.25) is 0 Å². The highest BCUT2D eigenvalue weighted by molar-refractivity contribution is 5.98. The molecule has 1 aromatic carbocycles. The van der Waals surface area contributed by atoms with Crippen molar-refractivity contribution in [3.63, 3.8) is 0 Å². The standard InChI is InChI=1S/C14H14N2O6/c1-7(2)12(14(18)19)15-13(17)11-6-8-5-9(16(20)21)3-4-10(8)22-11/h3-7,12H,1-2H3,(H,15,17)(H,18,19)/t12-/m1/s1. The number of nitrogens with zero attached hydrogens (tertiary/aromatic N) is 1. The number of rotatable bonds is 5. The Balaban J connectivity index is 2.28. The molecule has 2 aromatic rings. The lowest BCUT2D eigenvalue weighted by Gasteiger charge is -2.16. The molecule has 0 aliphatic rings. The average Bonchev–Trinajstić information content (AvgIpc) is 2.86. The van der Waals surface area contributed by atoms with Crippen LogP contribution in [0.2, 0.25) is 0 Å². The van der Waals surface area contributed by atoms with E-state index in [0.717, 1.165) is 0 Å². The van der Waals surface area contributed by atoms with Crippen LogP contribution in [0.4, 0.5) is 5.69 Å². The summed E-state index contributed by atoms with van der Waals surface area (Å²) in [4.78, 5) is 33.3. The first kappa shape index (κ1) is 15.5. The van der Waals surface area contributed by atoms with Crippen molar-refractivity contribution in [1.82, 2.24) is 5.32 Å². The second-order valence-corrected chi connectivity index (χ2v) is 5.12. The summed E-state index contributed by atoms with van der Waals surface area (Å²) in [6.07, 6.45) is 0. The summed E-state index contributed by atoms with van der Waals surface area (Å²) in [6, 6.07) is 4.24. The Morgan fingerprint density at radius 1 is 1.32 bits per heavy atom. The first-order valence-corrected chi connectivity index (χ1v) is 6.51. The molecule has 1 amide bonds. The highest BCUT2D eigenvalue weighted by Crippen LogP contribution is 2.24. The molecule has 0 saturated heterocycles. The van der Waals surface area contributed by atoms with E-state index in [1.807, 2.05) is 0 Å². The number of benzene rings is 1. The van der Waals surface area contributed by atoms with Crippen molar-refractivity contribution in [3.05, 3.63) is 40.1 Å². The highest BCUT2D eigenvalue weighted by Gasteiger charge is 2.25. The van der Waals surface area contributed by atoms with Crippen LogP contribution >= 0.6 is 0 Å². The summed E-state index contributed by atoms with van der Waals surface area (Å²) in [5.74, 6) is -2.22. The second kappa shape index (κ2) is 5.84. The maximum Gasteiger partial charge on any atom is 0.326 e. The zero-order valence-electron chi connectivity index (χ0n) is 11.9. The van der Waals surface area contributed by atoms with E-state index in [0.29, 0.717) is 11.0 Å². The van der Waals surface area contributed by atoms with E-state index in [1.165, 1.54) is 24.3 Å². The van der Waals surface area contributed by atoms with Gasteiger partial charge in [0.15, 0.2) is 5.76 Å². The number of non-ortho nitro benzene ring substituents is 1. The van der Waals surface area contributed by atoms with E-state index in [4.69, 9.17) is 9.52 Å². The molecule has 8 nitrogen and oxygen atoms in total. The lowest BCUT2D eigenvalue weighted by Crippen LogP contribution is -2.44. The van der Waals surface area contributed by atoms with Crippen molar-refractivity contribution in [2.45, 2.75) is 19.9 Å². The zero-order valence-corrected chi connectivity index (χ0v) is 11.9. The average molecular weight is 306 g/mol. The molecule has 0 spiro atoms. The van der Waals surface area contributed by atoms with Crippen molar-refractivity contribution in [1.29, 1.82) is 0 Å². The number of aliphatic carboxylic acids is 1. The van der Waals surface area contributed by atoms with E-state index < -0.39 is 22.8 Å². The van der Waals surface area contributed by atoms with Gasteiger partial charge in [0, 0.05) is 17.5 Å². The fraction of sp³-hybridized carbons (Fsp3) is 0.286. The largest absolute Gasteiger partial charge is 0.480 e. The molecule has 8 heteroatoms. The third-order valence-corrected chi connectivity index (χ3v) is 3.15. The van der Waals surface area contributed by atoms with Crippen LogP contribution in [0, 0.1) is 16.0 Å². The van der Waals surface area contributed by atoms with Crippen molar-refractivity contribution in [2.75, 3.05) is 0 Å². The van der Waals surface area contributed by atoms with E-state index in [-0.39, 0.29) is 17.4 Å². The minimum absolute atomic E-state index is 0.0950. The zero-order chi connectivity index (χ0) is 16.4. The van der Waals surface area contributed by atoms with Crippen LogP contribution in [0.25, 0.3) is 11.0 Å². The first-order chi connectivity index (χ1) is 10.3. The molecule has 0 saturated carbocycles. The molecule has 2 rings (SSSR count).